The monoisotopic (exact) mass is 209 g/mol. The summed E-state index contributed by atoms with van der Waals surface area (Å²) in [4.78, 5) is 12.0. The van der Waals surface area contributed by atoms with Gasteiger partial charge in [-0.25, -0.2) is 0 Å². The second-order valence-electron chi connectivity index (χ2n) is 3.73. The number of Topliss-reactive ketones (excluding diaryl/α,β-unsaturated/α-hetero) is 1. The van der Waals surface area contributed by atoms with Crippen LogP contribution in [0.1, 0.15) is 21.5 Å². The number of carbonyl (C=O) groups excluding carboxylic acids is 1. The summed E-state index contributed by atoms with van der Waals surface area (Å²) in [6.07, 6.45) is 1.67. The van der Waals surface area contributed by atoms with E-state index in [2.05, 4.69) is 0 Å². The fourth-order valence-corrected chi connectivity index (χ4v) is 1.63. The van der Waals surface area contributed by atoms with Gasteiger partial charge in [-0.3, -0.25) is 4.79 Å². The van der Waals surface area contributed by atoms with Crippen LogP contribution in [-0.4, -0.2) is 5.78 Å². The van der Waals surface area contributed by atoms with Crippen molar-refractivity contribution in [1.29, 1.82) is 0 Å². The van der Waals surface area contributed by atoms with E-state index in [0.29, 0.717) is 0 Å². The predicted octanol–water partition coefficient (Wildman–Crippen LogP) is 3.43. The van der Waals surface area contributed by atoms with Crippen LogP contribution in [0.15, 0.2) is 54.6 Å². The summed E-state index contributed by atoms with van der Waals surface area (Å²) in [5.74, 6) is 0.0595. The minimum atomic E-state index is 0.0595. The number of hydrogen-bond acceptors (Lipinski definition) is 1. The maximum Gasteiger partial charge on any atom is 0.171 e. The first kappa shape index (κ1) is 10.6. The predicted molar refractivity (Wildman–Crippen MR) is 65.4 cm³/mol. The zero-order valence-electron chi connectivity index (χ0n) is 9.18. The number of ketones is 1. The summed E-state index contributed by atoms with van der Waals surface area (Å²) >= 11 is 0. The van der Waals surface area contributed by atoms with Crippen LogP contribution in [-0.2, 0) is 0 Å². The topological polar surface area (TPSA) is 17.1 Å². The average molecular weight is 209 g/mol. The highest BCUT2D eigenvalue weighted by Gasteiger charge is 2.08. The fourth-order valence-electron chi connectivity index (χ4n) is 1.63. The molecule has 0 N–H and O–H groups in total. The van der Waals surface area contributed by atoms with Crippen molar-refractivity contribution in [2.24, 2.45) is 0 Å². The van der Waals surface area contributed by atoms with Crippen LogP contribution >= 0.6 is 0 Å². The molecule has 0 saturated heterocycles. The van der Waals surface area contributed by atoms with Gasteiger partial charge in [-0.15, -0.1) is 0 Å². The molecule has 1 nitrogen and oxygen atoms in total. The third kappa shape index (κ3) is 2.37. The minimum Gasteiger partial charge on any atom is -0.293 e. The lowest BCUT2D eigenvalue weighted by Crippen LogP contribution is -2.02. The molecule has 0 aromatic heterocycles. The Morgan fingerprint density at radius 2 is 1.56 bits per heavy atom. The Morgan fingerprint density at radius 3 is 2.25 bits per heavy atom. The van der Waals surface area contributed by atoms with E-state index in [1.807, 2.05) is 61.5 Å². The highest BCUT2D eigenvalue weighted by atomic mass is 16.1. The molecule has 1 heteroatoms. The van der Waals surface area contributed by atoms with Gasteiger partial charge in [0.05, 0.1) is 6.42 Å². The van der Waals surface area contributed by atoms with E-state index in [0.717, 1.165) is 16.7 Å². The standard InChI is InChI=1S/C15H13O/c1-12-7-5-6-10-14(12)15(16)11-13-8-3-2-4-9-13/h2-11H,1H3. The van der Waals surface area contributed by atoms with E-state index in [1.54, 1.807) is 6.42 Å². The van der Waals surface area contributed by atoms with E-state index in [4.69, 9.17) is 0 Å². The zero-order chi connectivity index (χ0) is 11.4. The van der Waals surface area contributed by atoms with Gasteiger partial charge in [-0.1, -0.05) is 54.6 Å². The van der Waals surface area contributed by atoms with E-state index in [-0.39, 0.29) is 5.78 Å². The smallest absolute Gasteiger partial charge is 0.171 e. The molecule has 0 unspecified atom stereocenters. The lowest BCUT2D eigenvalue weighted by atomic mass is 9.99. The maximum atomic E-state index is 12.0. The molecule has 0 spiro atoms. The van der Waals surface area contributed by atoms with Crippen LogP contribution in [0.2, 0.25) is 0 Å². The molecule has 0 bridgehead atoms. The summed E-state index contributed by atoms with van der Waals surface area (Å²) in [7, 11) is 0. The Bertz CT molecular complexity index is 486. The Balaban J connectivity index is 2.19. The van der Waals surface area contributed by atoms with Gasteiger partial charge < -0.3 is 0 Å². The molecule has 0 saturated carbocycles. The van der Waals surface area contributed by atoms with Gasteiger partial charge in [0.1, 0.15) is 0 Å². The lowest BCUT2D eigenvalue weighted by molar-refractivity contribution is 0.103. The summed E-state index contributed by atoms with van der Waals surface area (Å²) < 4.78 is 0. The third-order valence-electron chi connectivity index (χ3n) is 2.51. The largest absolute Gasteiger partial charge is 0.293 e. The van der Waals surface area contributed by atoms with Gasteiger partial charge in [0.25, 0.3) is 0 Å². The molecule has 0 atom stereocenters. The number of hydrogen-bond donors (Lipinski definition) is 0. The Morgan fingerprint density at radius 1 is 0.938 bits per heavy atom. The van der Waals surface area contributed by atoms with Gasteiger partial charge in [0.2, 0.25) is 0 Å². The molecule has 0 heterocycles. The normalized spacial score (nSPS) is 10.1. The molecule has 0 aliphatic rings. The minimum absolute atomic E-state index is 0.0595. The quantitative estimate of drug-likeness (QED) is 0.708. The lowest BCUT2D eigenvalue weighted by Gasteiger charge is -2.03. The fraction of sp³-hybridized carbons (Fsp3) is 0.0667. The molecule has 2 rings (SSSR count). The molecule has 79 valence electrons. The first-order valence-corrected chi connectivity index (χ1v) is 5.27. The van der Waals surface area contributed by atoms with Crippen molar-refractivity contribution in [3.05, 3.63) is 77.7 Å². The Labute approximate surface area is 95.7 Å². The Hall–Kier alpha value is -1.89. The second kappa shape index (κ2) is 4.75. The van der Waals surface area contributed by atoms with E-state index in [9.17, 15) is 4.79 Å². The van der Waals surface area contributed by atoms with Gasteiger partial charge >= 0.3 is 0 Å². The first-order valence-electron chi connectivity index (χ1n) is 5.27. The molecule has 1 radical (unpaired) electrons. The molecule has 0 fully saturated rings. The average Bonchev–Trinajstić information content (AvgIpc) is 2.31. The molecule has 0 aliphatic heterocycles. The molecule has 2 aromatic carbocycles. The molecule has 0 amide bonds. The summed E-state index contributed by atoms with van der Waals surface area (Å²) in [6.45, 7) is 1.95. The SMILES string of the molecule is Cc1ccccc1C(=O)[CH]c1ccccc1. The Kier molecular flexibility index (Phi) is 3.16. The van der Waals surface area contributed by atoms with Gasteiger partial charge in [0, 0.05) is 5.56 Å². The first-order chi connectivity index (χ1) is 7.77. The summed E-state index contributed by atoms with van der Waals surface area (Å²) in [5.41, 5.74) is 2.72. The van der Waals surface area contributed by atoms with Crippen molar-refractivity contribution < 1.29 is 4.79 Å². The summed E-state index contributed by atoms with van der Waals surface area (Å²) in [6, 6.07) is 17.3. The van der Waals surface area contributed by atoms with Crippen molar-refractivity contribution in [2.45, 2.75) is 6.92 Å². The maximum absolute atomic E-state index is 12.0. The van der Waals surface area contributed by atoms with Gasteiger partial charge in [-0.05, 0) is 18.1 Å². The molecular formula is C15H13O. The van der Waals surface area contributed by atoms with Crippen LogP contribution in [0.5, 0.6) is 0 Å². The van der Waals surface area contributed by atoms with Crippen molar-refractivity contribution in [3.8, 4) is 0 Å². The van der Waals surface area contributed by atoms with Crippen molar-refractivity contribution in [3.63, 3.8) is 0 Å². The highest BCUT2D eigenvalue weighted by Crippen LogP contribution is 2.12. The van der Waals surface area contributed by atoms with Crippen molar-refractivity contribution in [2.75, 3.05) is 0 Å². The van der Waals surface area contributed by atoms with E-state index < -0.39 is 0 Å². The van der Waals surface area contributed by atoms with Crippen LogP contribution in [0.25, 0.3) is 0 Å². The number of rotatable bonds is 3. The summed E-state index contributed by atoms with van der Waals surface area (Å²) in [5, 5.41) is 0. The molecule has 2 aromatic rings. The van der Waals surface area contributed by atoms with Crippen LogP contribution in [0, 0.1) is 13.3 Å². The van der Waals surface area contributed by atoms with Gasteiger partial charge in [-0.2, -0.15) is 0 Å². The zero-order valence-corrected chi connectivity index (χ0v) is 9.18. The molecular weight excluding hydrogens is 196 g/mol. The van der Waals surface area contributed by atoms with Crippen LogP contribution in [0.4, 0.5) is 0 Å². The van der Waals surface area contributed by atoms with E-state index in [1.165, 1.54) is 0 Å². The van der Waals surface area contributed by atoms with Crippen molar-refractivity contribution >= 4 is 5.78 Å². The number of aryl methyl sites for hydroxylation is 1. The third-order valence-corrected chi connectivity index (χ3v) is 2.51. The number of benzene rings is 2. The highest BCUT2D eigenvalue weighted by molar-refractivity contribution is 6.05. The molecule has 16 heavy (non-hydrogen) atoms. The van der Waals surface area contributed by atoms with Crippen LogP contribution < -0.4 is 0 Å². The molecule has 0 aliphatic carbocycles. The second-order valence-corrected chi connectivity index (χ2v) is 3.73. The number of carbonyl (C=O) groups is 1. The van der Waals surface area contributed by atoms with Crippen molar-refractivity contribution in [1.82, 2.24) is 0 Å². The van der Waals surface area contributed by atoms with Gasteiger partial charge in [0.15, 0.2) is 5.78 Å². The van der Waals surface area contributed by atoms with E-state index >= 15 is 0 Å². The van der Waals surface area contributed by atoms with Crippen LogP contribution in [0.3, 0.4) is 0 Å².